The second kappa shape index (κ2) is 15.4. The fourth-order valence-corrected chi connectivity index (χ4v) is 1.25. The first-order chi connectivity index (χ1) is 8.20. The van der Waals surface area contributed by atoms with E-state index in [1.54, 1.807) is 0 Å². The number of aliphatic hydroxyl groups excluding tert-OH is 2. The monoisotopic (exact) mass is 242 g/mol. The number of hydrogen-bond acceptors (Lipinski definition) is 2. The van der Waals surface area contributed by atoms with Gasteiger partial charge in [0.2, 0.25) is 0 Å². The molecule has 0 aromatic carbocycles. The van der Waals surface area contributed by atoms with Crippen LogP contribution in [0.5, 0.6) is 0 Å². The highest BCUT2D eigenvalue weighted by Crippen LogP contribution is 2.08. The Bertz CT molecular complexity index is 191. The summed E-state index contributed by atoms with van der Waals surface area (Å²) >= 11 is 0. The smallest absolute Gasteiger partial charge is 0.0758 e. The summed E-state index contributed by atoms with van der Waals surface area (Å²) in [6.07, 6.45) is 11.0. The maximum Gasteiger partial charge on any atom is 0.0758 e. The highest BCUT2D eigenvalue weighted by atomic mass is 16.3. The van der Waals surface area contributed by atoms with E-state index in [1.807, 2.05) is 39.0 Å². The number of rotatable bonds is 4. The van der Waals surface area contributed by atoms with E-state index < -0.39 is 0 Å². The van der Waals surface area contributed by atoms with Crippen molar-refractivity contribution in [2.24, 2.45) is 0 Å². The molecule has 1 aliphatic rings. The Balaban J connectivity index is 0. The lowest BCUT2D eigenvalue weighted by atomic mass is 10.1. The lowest BCUT2D eigenvalue weighted by Crippen LogP contribution is -2.02. The van der Waals surface area contributed by atoms with E-state index >= 15 is 0 Å². The van der Waals surface area contributed by atoms with Crippen LogP contribution in [0.25, 0.3) is 0 Å². The molecule has 1 atom stereocenters. The summed E-state index contributed by atoms with van der Waals surface area (Å²) in [4.78, 5) is 0. The fraction of sp³-hybridized carbons (Fsp3) is 0.733. The minimum atomic E-state index is -0.237. The summed E-state index contributed by atoms with van der Waals surface area (Å²) in [5, 5.41) is 17.2. The van der Waals surface area contributed by atoms with Crippen LogP contribution in [0.15, 0.2) is 23.8 Å². The topological polar surface area (TPSA) is 40.5 Å². The maximum atomic E-state index is 8.90. The van der Waals surface area contributed by atoms with E-state index in [1.165, 1.54) is 24.8 Å². The van der Waals surface area contributed by atoms with Crippen molar-refractivity contribution in [3.05, 3.63) is 23.8 Å². The molecular weight excluding hydrogens is 212 g/mol. The highest BCUT2D eigenvalue weighted by molar-refractivity contribution is 5.21. The second-order valence-corrected chi connectivity index (χ2v) is 3.89. The quantitative estimate of drug-likeness (QED) is 0.735. The average molecular weight is 242 g/mol. The third-order valence-corrected chi connectivity index (χ3v) is 2.27. The van der Waals surface area contributed by atoms with Crippen LogP contribution in [-0.4, -0.2) is 22.9 Å². The summed E-state index contributed by atoms with van der Waals surface area (Å²) in [6, 6.07) is 0. The third kappa shape index (κ3) is 15.4. The Kier molecular flexibility index (Phi) is 17.0. The van der Waals surface area contributed by atoms with Gasteiger partial charge in [-0.05, 0) is 19.8 Å². The first-order valence-electron chi connectivity index (χ1n) is 6.84. The van der Waals surface area contributed by atoms with Crippen molar-refractivity contribution >= 4 is 0 Å². The van der Waals surface area contributed by atoms with Crippen LogP contribution >= 0.6 is 0 Å². The Morgan fingerprint density at radius 2 is 1.88 bits per heavy atom. The molecule has 2 N–H and O–H groups in total. The van der Waals surface area contributed by atoms with Crippen molar-refractivity contribution in [2.45, 2.75) is 65.9 Å². The van der Waals surface area contributed by atoms with Crippen LogP contribution < -0.4 is 0 Å². The van der Waals surface area contributed by atoms with Crippen molar-refractivity contribution in [1.82, 2.24) is 0 Å². The van der Waals surface area contributed by atoms with E-state index in [0.29, 0.717) is 6.61 Å². The third-order valence-electron chi connectivity index (χ3n) is 2.27. The first-order valence-corrected chi connectivity index (χ1v) is 6.84. The number of allylic oxidation sites excluding steroid dienone is 2. The van der Waals surface area contributed by atoms with Crippen molar-refractivity contribution in [2.75, 3.05) is 6.61 Å². The molecule has 0 aromatic heterocycles. The van der Waals surface area contributed by atoms with E-state index in [4.69, 9.17) is 10.2 Å². The van der Waals surface area contributed by atoms with Crippen molar-refractivity contribution in [3.8, 4) is 0 Å². The molecule has 2 nitrogen and oxygen atoms in total. The van der Waals surface area contributed by atoms with Crippen LogP contribution in [0.3, 0.4) is 0 Å². The number of aliphatic hydroxyl groups is 2. The lowest BCUT2D eigenvalue weighted by Gasteiger charge is -2.06. The summed E-state index contributed by atoms with van der Waals surface area (Å²) in [5.41, 5.74) is 1.25. The molecule has 0 saturated heterocycles. The molecule has 17 heavy (non-hydrogen) atoms. The lowest BCUT2D eigenvalue weighted by molar-refractivity contribution is 0.225. The summed E-state index contributed by atoms with van der Waals surface area (Å²) in [5.74, 6) is 0. The molecule has 102 valence electrons. The fourth-order valence-electron chi connectivity index (χ4n) is 1.25. The van der Waals surface area contributed by atoms with Gasteiger partial charge in [0, 0.05) is 6.61 Å². The molecule has 0 aliphatic heterocycles. The van der Waals surface area contributed by atoms with Crippen molar-refractivity contribution < 1.29 is 10.2 Å². The Morgan fingerprint density at radius 3 is 2.24 bits per heavy atom. The summed E-state index contributed by atoms with van der Waals surface area (Å²) in [7, 11) is 0. The van der Waals surface area contributed by atoms with Crippen LogP contribution in [-0.2, 0) is 0 Å². The van der Waals surface area contributed by atoms with Gasteiger partial charge in [0.1, 0.15) is 0 Å². The highest BCUT2D eigenvalue weighted by Gasteiger charge is 1.99. The molecule has 0 amide bonds. The normalized spacial score (nSPS) is 17.3. The number of hydrogen-bond donors (Lipinski definition) is 2. The molecule has 1 unspecified atom stereocenters. The van der Waals surface area contributed by atoms with E-state index in [9.17, 15) is 0 Å². The van der Waals surface area contributed by atoms with Gasteiger partial charge in [-0.3, -0.25) is 0 Å². The standard InChI is InChI=1S/C7H10O.C6H14O.C2H6/c1-6-2-4-7(8)5-3-6;1-2-3-4-5-6-7;1-2/h2-4,7-8H,5H2,1H3;7H,2-6H2,1H3;1-2H3. The van der Waals surface area contributed by atoms with Gasteiger partial charge in [0.15, 0.2) is 0 Å². The molecule has 0 aromatic rings. The summed E-state index contributed by atoms with van der Waals surface area (Å²) in [6.45, 7) is 8.56. The van der Waals surface area contributed by atoms with Gasteiger partial charge in [-0.15, -0.1) is 0 Å². The average Bonchev–Trinajstić information content (AvgIpc) is 2.37. The minimum absolute atomic E-state index is 0.237. The predicted octanol–water partition coefficient (Wildman–Crippen LogP) is 3.84. The zero-order chi connectivity index (χ0) is 13.5. The Labute approximate surface area is 107 Å². The van der Waals surface area contributed by atoms with Crippen LogP contribution in [0.1, 0.15) is 59.8 Å². The van der Waals surface area contributed by atoms with Crippen LogP contribution in [0.4, 0.5) is 0 Å². The predicted molar refractivity (Wildman–Crippen MR) is 76.1 cm³/mol. The molecule has 0 fully saturated rings. The van der Waals surface area contributed by atoms with Crippen molar-refractivity contribution in [1.29, 1.82) is 0 Å². The van der Waals surface area contributed by atoms with Crippen molar-refractivity contribution in [3.63, 3.8) is 0 Å². The van der Waals surface area contributed by atoms with Gasteiger partial charge in [-0.25, -0.2) is 0 Å². The summed E-state index contributed by atoms with van der Waals surface area (Å²) < 4.78 is 0. The van der Waals surface area contributed by atoms with Gasteiger partial charge in [0.05, 0.1) is 6.10 Å². The molecule has 1 aliphatic carbocycles. The number of unbranched alkanes of at least 4 members (excludes halogenated alkanes) is 3. The van der Waals surface area contributed by atoms with Gasteiger partial charge in [-0.1, -0.05) is 63.8 Å². The molecule has 0 radical (unpaired) electrons. The van der Waals surface area contributed by atoms with E-state index in [-0.39, 0.29) is 6.10 Å². The largest absolute Gasteiger partial charge is 0.396 e. The van der Waals surface area contributed by atoms with Crippen LogP contribution in [0, 0.1) is 0 Å². The molecule has 0 bridgehead atoms. The Hall–Kier alpha value is -0.600. The molecular formula is C15H30O2. The molecule has 2 heteroatoms. The van der Waals surface area contributed by atoms with Gasteiger partial charge in [0.25, 0.3) is 0 Å². The van der Waals surface area contributed by atoms with Gasteiger partial charge < -0.3 is 10.2 Å². The molecule has 0 spiro atoms. The maximum absolute atomic E-state index is 8.90. The minimum Gasteiger partial charge on any atom is -0.396 e. The van der Waals surface area contributed by atoms with Gasteiger partial charge >= 0.3 is 0 Å². The van der Waals surface area contributed by atoms with Crippen LogP contribution in [0.2, 0.25) is 0 Å². The zero-order valence-corrected chi connectivity index (χ0v) is 11.9. The first kappa shape index (κ1) is 18.8. The molecule has 1 rings (SSSR count). The second-order valence-electron chi connectivity index (χ2n) is 3.89. The van der Waals surface area contributed by atoms with Gasteiger partial charge in [-0.2, -0.15) is 0 Å². The van der Waals surface area contributed by atoms with E-state index in [0.717, 1.165) is 12.8 Å². The SMILES string of the molecule is CC.CC1=CCC(O)C=C1.CCCCCCO. The zero-order valence-electron chi connectivity index (χ0n) is 11.9. The Morgan fingerprint density at radius 1 is 1.24 bits per heavy atom. The van der Waals surface area contributed by atoms with E-state index in [2.05, 4.69) is 6.92 Å². The molecule has 0 heterocycles. The molecule has 0 saturated carbocycles.